The first-order valence-corrected chi connectivity index (χ1v) is 13.6. The monoisotopic (exact) mass is 505 g/mol. The molecule has 2 aliphatic rings. The summed E-state index contributed by atoms with van der Waals surface area (Å²) in [6.45, 7) is 0.131. The van der Waals surface area contributed by atoms with Gasteiger partial charge in [-0.3, -0.25) is 0 Å². The molecular formula is C24H21F2NO5S2. The van der Waals surface area contributed by atoms with Crippen molar-refractivity contribution in [3.8, 4) is 0 Å². The second kappa shape index (κ2) is 8.53. The van der Waals surface area contributed by atoms with Gasteiger partial charge in [0.2, 0.25) is 0 Å². The van der Waals surface area contributed by atoms with Gasteiger partial charge >= 0.3 is 0 Å². The minimum absolute atomic E-state index is 0.0892. The van der Waals surface area contributed by atoms with Crippen LogP contribution in [0, 0.1) is 11.6 Å². The molecule has 0 N–H and O–H groups in total. The number of ether oxygens (including phenoxy) is 1. The van der Waals surface area contributed by atoms with Crippen molar-refractivity contribution >= 4 is 20.0 Å². The highest BCUT2D eigenvalue weighted by atomic mass is 32.3. The van der Waals surface area contributed by atoms with E-state index in [-0.39, 0.29) is 29.2 Å². The fourth-order valence-electron chi connectivity index (χ4n) is 4.79. The number of fused-ring (bicyclic) bond motifs is 1. The Kier molecular flexibility index (Phi) is 5.79. The lowest BCUT2D eigenvalue weighted by molar-refractivity contribution is -0.0119. The number of hydrogen-bond acceptors (Lipinski definition) is 5. The number of halogens is 2. The quantitative estimate of drug-likeness (QED) is 0.535. The molecule has 6 nitrogen and oxygen atoms in total. The van der Waals surface area contributed by atoms with Gasteiger partial charge in [-0.2, -0.15) is 0 Å². The lowest BCUT2D eigenvalue weighted by Crippen LogP contribution is -2.46. The van der Waals surface area contributed by atoms with Crippen molar-refractivity contribution in [1.29, 1.82) is 0 Å². The van der Waals surface area contributed by atoms with E-state index in [4.69, 9.17) is 4.74 Å². The van der Waals surface area contributed by atoms with Crippen LogP contribution in [0.15, 0.2) is 82.6 Å². The van der Waals surface area contributed by atoms with Crippen molar-refractivity contribution < 1.29 is 30.4 Å². The summed E-state index contributed by atoms with van der Waals surface area (Å²) >= 11 is 0. The van der Waals surface area contributed by atoms with Crippen LogP contribution in [-0.4, -0.2) is 39.3 Å². The van der Waals surface area contributed by atoms with Crippen LogP contribution in [0.25, 0.3) is 0 Å². The van der Waals surface area contributed by atoms with Gasteiger partial charge in [-0.25, -0.2) is 25.6 Å². The van der Waals surface area contributed by atoms with Gasteiger partial charge in [-0.15, -0.1) is 0 Å². The molecule has 34 heavy (non-hydrogen) atoms. The molecule has 0 aromatic heterocycles. The molecule has 3 aromatic rings. The smallest absolute Gasteiger partial charge is 0.257 e. The Bertz CT molecular complexity index is 1330. The first-order valence-electron chi connectivity index (χ1n) is 10.7. The molecule has 2 aliphatic heterocycles. The molecule has 0 spiro atoms. The maximum Gasteiger partial charge on any atom is 0.257 e. The third-order valence-electron chi connectivity index (χ3n) is 6.29. The fourth-order valence-corrected chi connectivity index (χ4v) is 9.64. The maximum absolute atomic E-state index is 13.6. The zero-order valence-corrected chi connectivity index (χ0v) is 19.5. The SMILES string of the molecule is O=S1(=O)c2ccccc2S(=O)(=O)N1C1CCOC(C(c2ccc(F)cc2)c2ccc(F)cc2)C1. The number of rotatable bonds is 4. The molecule has 1 saturated heterocycles. The second-order valence-corrected chi connectivity index (χ2v) is 12.1. The van der Waals surface area contributed by atoms with Gasteiger partial charge in [0.1, 0.15) is 21.4 Å². The molecule has 2 atom stereocenters. The molecule has 0 radical (unpaired) electrons. The number of hydrogen-bond donors (Lipinski definition) is 0. The average Bonchev–Trinajstić information content (AvgIpc) is 2.98. The Balaban J connectivity index is 1.53. The summed E-state index contributed by atoms with van der Waals surface area (Å²) < 4.78 is 86.7. The number of sulfonamides is 2. The predicted octanol–water partition coefficient (Wildman–Crippen LogP) is 4.04. The number of nitrogens with zero attached hydrogens (tertiary/aromatic N) is 1. The summed E-state index contributed by atoms with van der Waals surface area (Å²) in [7, 11) is -8.51. The van der Waals surface area contributed by atoms with Crippen molar-refractivity contribution in [2.75, 3.05) is 6.61 Å². The summed E-state index contributed by atoms with van der Waals surface area (Å²) in [4.78, 5) is -0.460. The molecular weight excluding hydrogens is 484 g/mol. The lowest BCUT2D eigenvalue weighted by atomic mass is 9.82. The molecule has 178 valence electrons. The highest BCUT2D eigenvalue weighted by molar-refractivity contribution is 8.06. The Hall–Kier alpha value is -2.66. The normalized spacial score (nSPS) is 23.6. The minimum Gasteiger partial charge on any atom is -0.377 e. The summed E-state index contributed by atoms with van der Waals surface area (Å²) in [6.07, 6.45) is -0.335. The Morgan fingerprint density at radius 3 is 1.71 bits per heavy atom. The van der Waals surface area contributed by atoms with Crippen molar-refractivity contribution in [2.24, 2.45) is 0 Å². The summed E-state index contributed by atoms with van der Waals surface area (Å²) in [6, 6.07) is 16.3. The molecule has 0 saturated carbocycles. The molecule has 2 heterocycles. The third-order valence-corrected chi connectivity index (χ3v) is 11.0. The van der Waals surface area contributed by atoms with E-state index in [1.165, 1.54) is 48.5 Å². The highest BCUT2D eigenvalue weighted by Crippen LogP contribution is 2.43. The molecule has 1 fully saturated rings. The van der Waals surface area contributed by atoms with E-state index in [1.807, 2.05) is 0 Å². The van der Waals surface area contributed by atoms with Crippen LogP contribution in [0.2, 0.25) is 0 Å². The molecule has 0 aliphatic carbocycles. The van der Waals surface area contributed by atoms with Crippen LogP contribution < -0.4 is 0 Å². The van der Waals surface area contributed by atoms with Crippen molar-refractivity contribution in [3.05, 3.63) is 95.6 Å². The van der Waals surface area contributed by atoms with Crippen LogP contribution in [0.5, 0.6) is 0 Å². The van der Waals surface area contributed by atoms with Crippen molar-refractivity contribution in [3.63, 3.8) is 0 Å². The molecule has 0 bridgehead atoms. The summed E-state index contributed by atoms with van der Waals surface area (Å²) in [5, 5.41) is 0. The topological polar surface area (TPSA) is 80.8 Å². The lowest BCUT2D eigenvalue weighted by Gasteiger charge is -2.37. The van der Waals surface area contributed by atoms with E-state index >= 15 is 0 Å². The van der Waals surface area contributed by atoms with E-state index < -0.39 is 49.7 Å². The first kappa shape index (κ1) is 23.1. The van der Waals surface area contributed by atoms with Gasteiger partial charge in [0.25, 0.3) is 20.0 Å². The Labute approximate surface area is 196 Å². The van der Waals surface area contributed by atoms with Crippen LogP contribution in [-0.2, 0) is 24.8 Å². The van der Waals surface area contributed by atoms with Crippen LogP contribution in [0.4, 0.5) is 8.78 Å². The van der Waals surface area contributed by atoms with E-state index in [9.17, 15) is 25.6 Å². The Morgan fingerprint density at radius 1 is 0.765 bits per heavy atom. The van der Waals surface area contributed by atoms with Gasteiger partial charge in [0.15, 0.2) is 0 Å². The average molecular weight is 506 g/mol. The van der Waals surface area contributed by atoms with Crippen molar-refractivity contribution in [2.45, 2.75) is 40.7 Å². The van der Waals surface area contributed by atoms with Crippen LogP contribution in [0.3, 0.4) is 0 Å². The Morgan fingerprint density at radius 2 is 1.24 bits per heavy atom. The summed E-state index contributed by atoms with van der Waals surface area (Å²) in [5.74, 6) is -1.33. The van der Waals surface area contributed by atoms with Gasteiger partial charge < -0.3 is 4.74 Å². The predicted molar refractivity (Wildman–Crippen MR) is 120 cm³/mol. The van der Waals surface area contributed by atoms with Gasteiger partial charge in [0, 0.05) is 18.6 Å². The van der Waals surface area contributed by atoms with Gasteiger partial charge in [0.05, 0.1) is 6.10 Å². The first-order chi connectivity index (χ1) is 16.2. The second-order valence-electron chi connectivity index (χ2n) is 8.35. The van der Waals surface area contributed by atoms with Gasteiger partial charge in [-0.05, 0) is 60.4 Å². The van der Waals surface area contributed by atoms with Crippen LogP contribution in [0.1, 0.15) is 29.9 Å². The number of benzene rings is 3. The zero-order valence-electron chi connectivity index (χ0n) is 17.8. The molecule has 2 unspecified atom stereocenters. The van der Waals surface area contributed by atoms with E-state index in [0.29, 0.717) is 14.8 Å². The summed E-state index contributed by atoms with van der Waals surface area (Å²) in [5.41, 5.74) is 1.38. The highest BCUT2D eigenvalue weighted by Gasteiger charge is 2.52. The molecule has 5 rings (SSSR count). The van der Waals surface area contributed by atoms with Gasteiger partial charge in [-0.1, -0.05) is 40.1 Å². The molecule has 10 heteroatoms. The van der Waals surface area contributed by atoms with Crippen molar-refractivity contribution in [1.82, 2.24) is 3.71 Å². The molecule has 3 aromatic carbocycles. The molecule has 0 amide bonds. The maximum atomic E-state index is 13.6. The van der Waals surface area contributed by atoms with Crippen LogP contribution >= 0.6 is 0 Å². The third kappa shape index (κ3) is 3.84. The zero-order chi connectivity index (χ0) is 24.1. The fraction of sp³-hybridized carbons (Fsp3) is 0.250. The van der Waals surface area contributed by atoms with E-state index in [1.54, 1.807) is 24.3 Å². The van der Waals surface area contributed by atoms with E-state index in [0.717, 1.165) is 0 Å². The standard InChI is InChI=1S/C24H21F2NO5S2/c25-18-9-5-16(6-10-18)24(17-7-11-19(26)12-8-17)21-15-20(13-14-32-21)27-33(28,29)22-3-1-2-4-23(22)34(27,30)31/h1-12,20-21,24H,13-15H2. The van der Waals surface area contributed by atoms with E-state index in [2.05, 4.69) is 0 Å². The minimum atomic E-state index is -4.25. The largest absolute Gasteiger partial charge is 0.377 e.